The molecule has 9 heteroatoms. The fraction of sp³-hybridized carbons (Fsp3) is 0.0690. The highest BCUT2D eigenvalue weighted by Crippen LogP contribution is 2.23. The van der Waals surface area contributed by atoms with Crippen LogP contribution >= 0.6 is 11.6 Å². The lowest BCUT2D eigenvalue weighted by Gasteiger charge is -2.10. The number of amides is 1. The summed E-state index contributed by atoms with van der Waals surface area (Å²) in [6.45, 7) is 2.22. The van der Waals surface area contributed by atoms with Crippen LogP contribution in [0, 0.1) is 6.92 Å². The number of fused-ring (bicyclic) bond motifs is 1. The molecule has 1 N–H and O–H groups in total. The molecule has 190 valence electrons. The van der Waals surface area contributed by atoms with Crippen molar-refractivity contribution in [1.29, 1.82) is 0 Å². The van der Waals surface area contributed by atoms with Crippen LogP contribution in [0.3, 0.4) is 0 Å². The third-order valence-corrected chi connectivity index (χ3v) is 7.67. The minimum Gasteiger partial charge on any atom is -0.308 e. The quantitative estimate of drug-likeness (QED) is 0.265. The number of aromatic nitrogens is 3. The van der Waals surface area contributed by atoms with Gasteiger partial charge in [-0.1, -0.05) is 84.4 Å². The highest BCUT2D eigenvalue weighted by Gasteiger charge is 2.21. The first-order valence-electron chi connectivity index (χ1n) is 11.8. The number of carbonyl (C=O) groups is 1. The Bertz CT molecular complexity index is 1770. The Kier molecular flexibility index (Phi) is 7.09. The lowest BCUT2D eigenvalue weighted by atomic mass is 10.1. The molecule has 0 fully saturated rings. The maximum absolute atomic E-state index is 12.8. The Morgan fingerprint density at radius 2 is 1.58 bits per heavy atom. The Hall–Kier alpha value is -4.27. The molecule has 5 rings (SSSR count). The van der Waals surface area contributed by atoms with Gasteiger partial charge in [0, 0.05) is 5.02 Å². The minimum absolute atomic E-state index is 0.00739. The highest BCUT2D eigenvalue weighted by molar-refractivity contribution is 7.90. The van der Waals surface area contributed by atoms with E-state index in [0.717, 1.165) is 16.7 Å². The summed E-state index contributed by atoms with van der Waals surface area (Å²) in [5.74, 6) is -0.139. The van der Waals surface area contributed by atoms with E-state index in [1.165, 1.54) is 18.2 Å². The number of sulfonamides is 1. The van der Waals surface area contributed by atoms with Crippen molar-refractivity contribution in [3.8, 4) is 0 Å². The molecule has 0 saturated heterocycles. The van der Waals surface area contributed by atoms with Crippen LogP contribution < -0.4 is 4.72 Å². The molecule has 1 amide bonds. The van der Waals surface area contributed by atoms with Crippen LogP contribution in [0.1, 0.15) is 33.0 Å². The summed E-state index contributed by atoms with van der Waals surface area (Å²) in [6, 6.07) is 26.6. The third-order valence-electron chi connectivity index (χ3n) is 5.97. The number of carbonyl (C=O) groups excluding carboxylic acids is 1. The Morgan fingerprint density at radius 1 is 0.895 bits per heavy atom. The van der Waals surface area contributed by atoms with E-state index in [9.17, 15) is 13.2 Å². The SMILES string of the molecule is Cc1nc2ccc(C(=O)NS(=O)(=O)c3ccccc3)nc2n1Cc1ccc(C=Cc2ccccc2)cc1Cl. The number of nitrogens with zero attached hydrogens (tertiary/aromatic N) is 3. The van der Waals surface area contributed by atoms with Gasteiger partial charge in [0.25, 0.3) is 15.9 Å². The molecule has 3 aromatic carbocycles. The van der Waals surface area contributed by atoms with Crippen molar-refractivity contribution in [2.45, 2.75) is 18.4 Å². The van der Waals surface area contributed by atoms with Crippen molar-refractivity contribution in [3.63, 3.8) is 0 Å². The molecule has 5 aromatic rings. The van der Waals surface area contributed by atoms with Gasteiger partial charge in [0.05, 0.1) is 11.4 Å². The molecular formula is C29H23ClN4O3S. The van der Waals surface area contributed by atoms with Gasteiger partial charge in [-0.05, 0) is 53.9 Å². The molecule has 0 aliphatic carbocycles. The van der Waals surface area contributed by atoms with Gasteiger partial charge in [0.1, 0.15) is 17.0 Å². The second-order valence-electron chi connectivity index (χ2n) is 8.63. The van der Waals surface area contributed by atoms with Gasteiger partial charge in [0.2, 0.25) is 0 Å². The standard InChI is InChI=1S/C29H23ClN4O3S/c1-20-31-26-16-17-27(29(35)33-38(36,37)24-10-6-3-7-11-24)32-28(26)34(20)19-23-15-14-22(18-25(23)30)13-12-21-8-4-2-5-9-21/h2-18H,19H2,1H3,(H,33,35). The van der Waals surface area contributed by atoms with Crippen molar-refractivity contribution < 1.29 is 13.2 Å². The van der Waals surface area contributed by atoms with Crippen molar-refractivity contribution in [2.75, 3.05) is 0 Å². The molecule has 2 heterocycles. The first kappa shape index (κ1) is 25.4. The average Bonchev–Trinajstić information content (AvgIpc) is 3.23. The maximum Gasteiger partial charge on any atom is 0.283 e. The molecule has 0 atom stereocenters. The lowest BCUT2D eigenvalue weighted by molar-refractivity contribution is 0.0977. The van der Waals surface area contributed by atoms with Gasteiger partial charge >= 0.3 is 0 Å². The van der Waals surface area contributed by atoms with Crippen LogP contribution in [0.2, 0.25) is 5.02 Å². The molecule has 0 aliphatic rings. The molecule has 0 aliphatic heterocycles. The van der Waals surface area contributed by atoms with Crippen molar-refractivity contribution in [1.82, 2.24) is 19.3 Å². The monoisotopic (exact) mass is 542 g/mol. The topological polar surface area (TPSA) is 93.9 Å². The van der Waals surface area contributed by atoms with Crippen LogP contribution in [0.25, 0.3) is 23.3 Å². The summed E-state index contributed by atoms with van der Waals surface area (Å²) in [6.07, 6.45) is 4.02. The van der Waals surface area contributed by atoms with Crippen molar-refractivity contribution in [2.24, 2.45) is 0 Å². The number of rotatable bonds is 7. The zero-order valence-corrected chi connectivity index (χ0v) is 21.9. The molecule has 0 radical (unpaired) electrons. The number of halogens is 1. The predicted molar refractivity (Wildman–Crippen MR) is 149 cm³/mol. The second kappa shape index (κ2) is 10.6. The van der Waals surface area contributed by atoms with E-state index in [1.54, 1.807) is 24.3 Å². The number of aryl methyl sites for hydroxylation is 1. The van der Waals surface area contributed by atoms with Crippen LogP contribution in [-0.4, -0.2) is 28.9 Å². The molecule has 7 nitrogen and oxygen atoms in total. The number of benzene rings is 3. The van der Waals surface area contributed by atoms with Gasteiger partial charge in [-0.15, -0.1) is 0 Å². The molecule has 0 spiro atoms. The van der Waals surface area contributed by atoms with Crippen molar-refractivity contribution >= 4 is 50.8 Å². The van der Waals surface area contributed by atoms with E-state index in [4.69, 9.17) is 11.6 Å². The summed E-state index contributed by atoms with van der Waals surface area (Å²) in [5.41, 5.74) is 3.92. The zero-order valence-electron chi connectivity index (χ0n) is 20.4. The smallest absolute Gasteiger partial charge is 0.283 e. The summed E-state index contributed by atoms with van der Waals surface area (Å²) in [5, 5.41) is 0.587. The van der Waals surface area contributed by atoms with Crippen molar-refractivity contribution in [3.05, 3.63) is 124 Å². The molecular weight excluding hydrogens is 520 g/mol. The summed E-state index contributed by atoms with van der Waals surface area (Å²) >= 11 is 6.63. The maximum atomic E-state index is 12.8. The number of pyridine rings is 1. The predicted octanol–water partition coefficient (Wildman–Crippen LogP) is 5.73. The number of nitrogens with one attached hydrogen (secondary N) is 1. The van der Waals surface area contributed by atoms with E-state index in [0.29, 0.717) is 28.6 Å². The number of hydrogen-bond donors (Lipinski definition) is 1. The fourth-order valence-electron chi connectivity index (χ4n) is 3.99. The molecule has 0 saturated carbocycles. The van der Waals surface area contributed by atoms with Crippen LogP contribution in [0.15, 0.2) is 95.9 Å². The molecule has 2 aromatic heterocycles. The van der Waals surface area contributed by atoms with E-state index >= 15 is 0 Å². The van der Waals surface area contributed by atoms with E-state index in [1.807, 2.05) is 72.2 Å². The Morgan fingerprint density at radius 3 is 2.29 bits per heavy atom. The average molecular weight is 543 g/mol. The number of hydrogen-bond acceptors (Lipinski definition) is 5. The van der Waals surface area contributed by atoms with Gasteiger partial charge in [-0.2, -0.15) is 0 Å². The summed E-state index contributed by atoms with van der Waals surface area (Å²) in [7, 11) is -4.03. The van der Waals surface area contributed by atoms with E-state index in [-0.39, 0.29) is 10.6 Å². The molecule has 0 bridgehead atoms. The molecule has 0 unspecified atom stereocenters. The number of imidazole rings is 1. The minimum atomic E-state index is -4.03. The van der Waals surface area contributed by atoms with E-state index < -0.39 is 15.9 Å². The normalized spacial score (nSPS) is 11.7. The van der Waals surface area contributed by atoms with E-state index in [2.05, 4.69) is 14.7 Å². The van der Waals surface area contributed by atoms with Crippen LogP contribution in [0.4, 0.5) is 0 Å². The summed E-state index contributed by atoms with van der Waals surface area (Å²) < 4.78 is 29.1. The second-order valence-corrected chi connectivity index (χ2v) is 10.7. The largest absolute Gasteiger partial charge is 0.308 e. The highest BCUT2D eigenvalue weighted by atomic mass is 35.5. The summed E-state index contributed by atoms with van der Waals surface area (Å²) in [4.78, 5) is 21.8. The zero-order chi connectivity index (χ0) is 26.7. The van der Waals surface area contributed by atoms with Crippen LogP contribution in [-0.2, 0) is 16.6 Å². The lowest BCUT2D eigenvalue weighted by Crippen LogP contribution is -2.31. The molecule has 38 heavy (non-hydrogen) atoms. The van der Waals surface area contributed by atoms with Gasteiger partial charge in [-0.3, -0.25) is 4.79 Å². The van der Waals surface area contributed by atoms with Gasteiger partial charge in [-0.25, -0.2) is 23.1 Å². The first-order chi connectivity index (χ1) is 18.3. The Labute approximate surface area is 225 Å². The van der Waals surface area contributed by atoms with Gasteiger partial charge < -0.3 is 4.57 Å². The first-order valence-corrected chi connectivity index (χ1v) is 13.6. The fourth-order valence-corrected chi connectivity index (χ4v) is 5.22. The Balaban J connectivity index is 1.39. The van der Waals surface area contributed by atoms with Crippen LogP contribution in [0.5, 0.6) is 0 Å². The third kappa shape index (κ3) is 5.51. The van der Waals surface area contributed by atoms with Gasteiger partial charge in [0.15, 0.2) is 5.65 Å².